The quantitative estimate of drug-likeness (QED) is 0.504. The number of benzene rings is 1. The molecular formula is C15H19N3O4. The van der Waals surface area contributed by atoms with Crippen LogP contribution in [0.2, 0.25) is 0 Å². The molecule has 1 saturated carbocycles. The third kappa shape index (κ3) is 2.58. The molecule has 22 heavy (non-hydrogen) atoms. The van der Waals surface area contributed by atoms with E-state index in [1.165, 1.54) is 13.2 Å². The number of hydrogen-bond donors (Lipinski definition) is 2. The van der Waals surface area contributed by atoms with Crippen LogP contribution in [0.25, 0.3) is 0 Å². The van der Waals surface area contributed by atoms with E-state index in [-0.39, 0.29) is 28.5 Å². The lowest BCUT2D eigenvalue weighted by Gasteiger charge is -2.17. The van der Waals surface area contributed by atoms with Crippen LogP contribution in [0, 0.1) is 16.0 Å². The molecule has 7 nitrogen and oxygen atoms in total. The van der Waals surface area contributed by atoms with Gasteiger partial charge in [0.1, 0.15) is 5.69 Å². The number of nitrogens with zero attached hydrogens (tertiary/aromatic N) is 1. The number of nitro groups is 1. The van der Waals surface area contributed by atoms with E-state index in [2.05, 4.69) is 10.6 Å². The summed E-state index contributed by atoms with van der Waals surface area (Å²) in [4.78, 5) is 22.5. The Morgan fingerprint density at radius 2 is 2.27 bits per heavy atom. The van der Waals surface area contributed by atoms with Gasteiger partial charge in [-0.3, -0.25) is 14.9 Å². The summed E-state index contributed by atoms with van der Waals surface area (Å²) in [7, 11) is 1.39. The van der Waals surface area contributed by atoms with Crippen molar-refractivity contribution in [3.05, 3.63) is 27.8 Å². The predicted molar refractivity (Wildman–Crippen MR) is 82.1 cm³/mol. The zero-order valence-electron chi connectivity index (χ0n) is 12.4. The van der Waals surface area contributed by atoms with Gasteiger partial charge in [-0.1, -0.05) is 0 Å². The second-order valence-corrected chi connectivity index (χ2v) is 5.79. The third-order valence-corrected chi connectivity index (χ3v) is 4.49. The second kappa shape index (κ2) is 5.82. The summed E-state index contributed by atoms with van der Waals surface area (Å²) >= 11 is 0. The molecule has 118 valence electrons. The number of nitro benzene ring substituents is 1. The minimum absolute atomic E-state index is 0.0647. The maximum absolute atomic E-state index is 11.6. The van der Waals surface area contributed by atoms with E-state index in [0.717, 1.165) is 37.1 Å². The van der Waals surface area contributed by atoms with Crippen LogP contribution in [0.4, 0.5) is 17.1 Å². The molecule has 2 atom stereocenters. The molecule has 1 aliphatic carbocycles. The van der Waals surface area contributed by atoms with Gasteiger partial charge < -0.3 is 15.4 Å². The third-order valence-electron chi connectivity index (χ3n) is 4.49. The van der Waals surface area contributed by atoms with Crippen LogP contribution >= 0.6 is 0 Å². The second-order valence-electron chi connectivity index (χ2n) is 5.79. The SMILES string of the molecule is COC(=O)[C@H]1CC[C@@H](Nc2c([N+](=O)[O-])ccc3c2CCN3)C1. The van der Waals surface area contributed by atoms with Crippen LogP contribution in [0.5, 0.6) is 0 Å². The summed E-state index contributed by atoms with van der Waals surface area (Å²) in [5.41, 5.74) is 2.62. The fourth-order valence-electron chi connectivity index (χ4n) is 3.39. The Bertz CT molecular complexity index is 617. The van der Waals surface area contributed by atoms with Crippen molar-refractivity contribution < 1.29 is 14.5 Å². The van der Waals surface area contributed by atoms with Crippen molar-refractivity contribution in [3.8, 4) is 0 Å². The fraction of sp³-hybridized carbons (Fsp3) is 0.533. The molecule has 1 aromatic carbocycles. The van der Waals surface area contributed by atoms with Crippen molar-refractivity contribution in [1.82, 2.24) is 0 Å². The monoisotopic (exact) mass is 305 g/mol. The van der Waals surface area contributed by atoms with Crippen LogP contribution < -0.4 is 10.6 Å². The smallest absolute Gasteiger partial charge is 0.308 e. The average Bonchev–Trinajstić information content (AvgIpc) is 3.15. The Morgan fingerprint density at radius 3 is 3.00 bits per heavy atom. The maximum Gasteiger partial charge on any atom is 0.308 e. The predicted octanol–water partition coefficient (Wildman–Crippen LogP) is 2.32. The Morgan fingerprint density at radius 1 is 1.45 bits per heavy atom. The van der Waals surface area contributed by atoms with Crippen molar-refractivity contribution in [2.24, 2.45) is 5.92 Å². The van der Waals surface area contributed by atoms with Gasteiger partial charge in [-0.15, -0.1) is 0 Å². The minimum atomic E-state index is -0.353. The number of fused-ring (bicyclic) bond motifs is 1. The molecule has 0 aromatic heterocycles. The van der Waals surface area contributed by atoms with Crippen LogP contribution in [-0.4, -0.2) is 30.6 Å². The Kier molecular flexibility index (Phi) is 3.87. The van der Waals surface area contributed by atoms with Crippen LogP contribution in [0.3, 0.4) is 0 Å². The van der Waals surface area contributed by atoms with Gasteiger partial charge in [-0.05, 0) is 31.7 Å². The van der Waals surface area contributed by atoms with Crippen LogP contribution in [-0.2, 0) is 16.0 Å². The summed E-state index contributed by atoms with van der Waals surface area (Å²) in [6, 6.07) is 3.36. The lowest BCUT2D eigenvalue weighted by atomic mass is 10.1. The molecule has 0 radical (unpaired) electrons. The number of carbonyl (C=O) groups excluding carboxylic acids is 1. The van der Waals surface area contributed by atoms with E-state index < -0.39 is 0 Å². The molecule has 2 N–H and O–H groups in total. The number of esters is 1. The topological polar surface area (TPSA) is 93.5 Å². The first-order chi connectivity index (χ1) is 10.6. The van der Waals surface area contributed by atoms with Gasteiger partial charge in [0.05, 0.1) is 18.0 Å². The molecule has 0 amide bonds. The highest BCUT2D eigenvalue weighted by Gasteiger charge is 2.33. The molecule has 1 aliphatic heterocycles. The lowest BCUT2D eigenvalue weighted by Crippen LogP contribution is -2.20. The van der Waals surface area contributed by atoms with Gasteiger partial charge >= 0.3 is 5.97 Å². The summed E-state index contributed by atoms with van der Waals surface area (Å²) in [5, 5.41) is 17.8. The van der Waals surface area contributed by atoms with Crippen molar-refractivity contribution in [3.63, 3.8) is 0 Å². The molecular weight excluding hydrogens is 286 g/mol. The molecule has 1 aromatic rings. The van der Waals surface area contributed by atoms with E-state index in [4.69, 9.17) is 4.74 Å². The molecule has 2 aliphatic rings. The zero-order valence-corrected chi connectivity index (χ0v) is 12.4. The molecule has 0 saturated heterocycles. The van der Waals surface area contributed by atoms with Crippen LogP contribution in [0.1, 0.15) is 24.8 Å². The van der Waals surface area contributed by atoms with E-state index in [9.17, 15) is 14.9 Å². The maximum atomic E-state index is 11.6. The first-order valence-electron chi connectivity index (χ1n) is 7.48. The summed E-state index contributed by atoms with van der Waals surface area (Å²) in [6.45, 7) is 0.792. The van der Waals surface area contributed by atoms with Crippen molar-refractivity contribution in [1.29, 1.82) is 0 Å². The number of methoxy groups -OCH3 is 1. The molecule has 3 rings (SSSR count). The summed E-state index contributed by atoms with van der Waals surface area (Å²) in [5.74, 6) is -0.310. The van der Waals surface area contributed by atoms with Crippen molar-refractivity contribution in [2.45, 2.75) is 31.7 Å². The van der Waals surface area contributed by atoms with E-state index in [1.54, 1.807) is 6.07 Å². The highest BCUT2D eigenvalue weighted by Crippen LogP contribution is 2.39. The van der Waals surface area contributed by atoms with Gasteiger partial charge in [-0.2, -0.15) is 0 Å². The van der Waals surface area contributed by atoms with E-state index in [0.29, 0.717) is 12.1 Å². The highest BCUT2D eigenvalue weighted by molar-refractivity contribution is 5.77. The molecule has 0 unspecified atom stereocenters. The summed E-state index contributed by atoms with van der Waals surface area (Å²) < 4.78 is 4.78. The molecule has 1 fully saturated rings. The van der Waals surface area contributed by atoms with Gasteiger partial charge in [0.15, 0.2) is 0 Å². The molecule has 0 spiro atoms. The van der Waals surface area contributed by atoms with E-state index >= 15 is 0 Å². The molecule has 7 heteroatoms. The van der Waals surface area contributed by atoms with Gasteiger partial charge in [0.2, 0.25) is 0 Å². The number of anilines is 2. The zero-order chi connectivity index (χ0) is 15.7. The first-order valence-corrected chi connectivity index (χ1v) is 7.48. The Labute approximate surface area is 128 Å². The highest BCUT2D eigenvalue weighted by atomic mass is 16.6. The first kappa shape index (κ1) is 14.6. The van der Waals surface area contributed by atoms with Crippen molar-refractivity contribution in [2.75, 3.05) is 24.3 Å². The fourth-order valence-corrected chi connectivity index (χ4v) is 3.39. The average molecular weight is 305 g/mol. The number of rotatable bonds is 4. The van der Waals surface area contributed by atoms with Gasteiger partial charge in [0, 0.05) is 29.9 Å². The van der Waals surface area contributed by atoms with Crippen LogP contribution in [0.15, 0.2) is 12.1 Å². The molecule has 1 heterocycles. The van der Waals surface area contributed by atoms with Crippen molar-refractivity contribution >= 4 is 23.0 Å². The lowest BCUT2D eigenvalue weighted by molar-refractivity contribution is -0.384. The largest absolute Gasteiger partial charge is 0.469 e. The molecule has 0 bridgehead atoms. The number of nitrogens with one attached hydrogen (secondary N) is 2. The van der Waals surface area contributed by atoms with Gasteiger partial charge in [-0.25, -0.2) is 0 Å². The van der Waals surface area contributed by atoms with Gasteiger partial charge in [0.25, 0.3) is 5.69 Å². The Balaban J connectivity index is 1.82. The number of hydrogen-bond acceptors (Lipinski definition) is 6. The number of ether oxygens (including phenoxy) is 1. The minimum Gasteiger partial charge on any atom is -0.469 e. The normalized spacial score (nSPS) is 22.8. The number of carbonyl (C=O) groups is 1. The van der Waals surface area contributed by atoms with E-state index in [1.807, 2.05) is 0 Å². The standard InChI is InChI=1S/C15H19N3O4/c1-22-15(19)9-2-3-10(8-9)17-14-11-6-7-16-12(11)4-5-13(14)18(20)21/h4-5,9-10,16-17H,2-3,6-8H2,1H3/t9-,10+/m0/s1. The Hall–Kier alpha value is -2.31. The summed E-state index contributed by atoms with van der Waals surface area (Å²) in [6.07, 6.45) is 2.99.